The first kappa shape index (κ1) is 23.6. The molecule has 3 aromatic rings. The van der Waals surface area contributed by atoms with E-state index in [-0.39, 0.29) is 39.2 Å². The number of aliphatic hydroxyl groups excluding tert-OH is 1. The number of amides is 1. The molecular formula is C25H20Cl2N2O5. The number of carbonyl (C=O) groups is 2. The molecule has 4 rings (SSSR count). The number of hydrogen-bond acceptors (Lipinski definition) is 6. The Morgan fingerprint density at radius 3 is 2.18 bits per heavy atom. The van der Waals surface area contributed by atoms with Crippen LogP contribution in [-0.2, 0) is 16.1 Å². The van der Waals surface area contributed by atoms with Crippen molar-refractivity contribution in [2.24, 2.45) is 0 Å². The van der Waals surface area contributed by atoms with Crippen molar-refractivity contribution >= 4 is 40.7 Å². The predicted molar refractivity (Wildman–Crippen MR) is 128 cm³/mol. The van der Waals surface area contributed by atoms with Crippen LogP contribution in [0.4, 0.5) is 0 Å². The topological polar surface area (TPSA) is 89.0 Å². The van der Waals surface area contributed by atoms with Crippen LogP contribution in [0.5, 0.6) is 11.5 Å². The Bertz CT molecular complexity index is 1250. The number of aromatic nitrogens is 1. The van der Waals surface area contributed by atoms with Crippen LogP contribution in [-0.4, -0.2) is 40.9 Å². The van der Waals surface area contributed by atoms with Gasteiger partial charge >= 0.3 is 0 Å². The van der Waals surface area contributed by atoms with E-state index < -0.39 is 17.7 Å². The minimum Gasteiger partial charge on any atom is -0.507 e. The van der Waals surface area contributed by atoms with Gasteiger partial charge in [0.25, 0.3) is 11.7 Å². The number of hydrogen-bond donors (Lipinski definition) is 1. The molecule has 1 fully saturated rings. The smallest absolute Gasteiger partial charge is 0.295 e. The molecule has 0 radical (unpaired) electrons. The van der Waals surface area contributed by atoms with Crippen molar-refractivity contribution in [3.8, 4) is 11.5 Å². The lowest BCUT2D eigenvalue weighted by atomic mass is 9.95. The average Bonchev–Trinajstić information content (AvgIpc) is 3.09. The van der Waals surface area contributed by atoms with Crippen molar-refractivity contribution in [2.45, 2.75) is 12.6 Å². The number of ketones is 1. The van der Waals surface area contributed by atoms with E-state index in [4.69, 9.17) is 32.7 Å². The molecule has 1 atom stereocenters. The minimum atomic E-state index is -0.848. The van der Waals surface area contributed by atoms with Gasteiger partial charge in [0.05, 0.1) is 35.9 Å². The Balaban J connectivity index is 1.88. The van der Waals surface area contributed by atoms with Gasteiger partial charge in [-0.2, -0.15) is 0 Å². The normalized spacial score (nSPS) is 17.2. The van der Waals surface area contributed by atoms with Crippen molar-refractivity contribution in [1.29, 1.82) is 0 Å². The third-order valence-electron chi connectivity index (χ3n) is 5.55. The molecule has 0 bridgehead atoms. The SMILES string of the molecule is COc1ccc(C2/C(=C(\O)c3cc(Cl)c(OC)c(Cl)c3)C(=O)C(=O)N2Cc2ccncc2)cc1. The zero-order valence-electron chi connectivity index (χ0n) is 18.3. The Labute approximate surface area is 206 Å². The third kappa shape index (κ3) is 4.32. The van der Waals surface area contributed by atoms with Crippen LogP contribution in [0.15, 0.2) is 66.5 Å². The molecule has 2 aromatic carbocycles. The molecule has 0 aliphatic carbocycles. The summed E-state index contributed by atoms with van der Waals surface area (Å²) in [7, 11) is 2.96. The monoisotopic (exact) mass is 498 g/mol. The van der Waals surface area contributed by atoms with Crippen LogP contribution >= 0.6 is 23.2 Å². The number of methoxy groups -OCH3 is 2. The molecule has 34 heavy (non-hydrogen) atoms. The van der Waals surface area contributed by atoms with Crippen LogP contribution in [0.2, 0.25) is 10.0 Å². The van der Waals surface area contributed by atoms with E-state index in [2.05, 4.69) is 4.98 Å². The largest absolute Gasteiger partial charge is 0.507 e. The summed E-state index contributed by atoms with van der Waals surface area (Å²) in [5, 5.41) is 11.5. The highest BCUT2D eigenvalue weighted by Crippen LogP contribution is 2.42. The van der Waals surface area contributed by atoms with Crippen molar-refractivity contribution in [2.75, 3.05) is 14.2 Å². The molecule has 1 N–H and O–H groups in total. The van der Waals surface area contributed by atoms with E-state index >= 15 is 0 Å². The number of benzene rings is 2. The number of carbonyl (C=O) groups excluding carboxylic acids is 2. The van der Waals surface area contributed by atoms with Crippen LogP contribution in [0.3, 0.4) is 0 Å². The number of Topliss-reactive ketones (excluding diaryl/α,β-unsaturated/α-hetero) is 1. The summed E-state index contributed by atoms with van der Waals surface area (Å²) in [5.41, 5.74) is 1.53. The second-order valence-electron chi connectivity index (χ2n) is 7.53. The molecule has 0 spiro atoms. The number of likely N-dealkylation sites (tertiary alicyclic amines) is 1. The molecule has 1 aromatic heterocycles. The molecule has 0 saturated carbocycles. The van der Waals surface area contributed by atoms with Gasteiger partial charge in [-0.05, 0) is 47.5 Å². The van der Waals surface area contributed by atoms with Crippen molar-refractivity contribution in [1.82, 2.24) is 9.88 Å². The standard InChI is InChI=1S/C25H20Cl2N2O5/c1-33-17-5-3-15(4-6-17)21-20(22(30)16-11-18(26)24(34-2)19(27)12-16)23(31)25(32)29(21)13-14-7-9-28-10-8-14/h3-12,21,30H,13H2,1-2H3/b22-20+. The molecule has 1 amide bonds. The van der Waals surface area contributed by atoms with Crippen LogP contribution in [0.1, 0.15) is 22.7 Å². The first-order valence-corrected chi connectivity index (χ1v) is 11.0. The fraction of sp³-hybridized carbons (Fsp3) is 0.160. The lowest BCUT2D eigenvalue weighted by molar-refractivity contribution is -0.140. The first-order valence-electron chi connectivity index (χ1n) is 10.2. The summed E-state index contributed by atoms with van der Waals surface area (Å²) in [6.45, 7) is 0.144. The van der Waals surface area contributed by atoms with Gasteiger partial charge in [-0.25, -0.2) is 0 Å². The predicted octanol–water partition coefficient (Wildman–Crippen LogP) is 5.03. The van der Waals surface area contributed by atoms with Gasteiger partial charge in [0.1, 0.15) is 11.5 Å². The summed E-state index contributed by atoms with van der Waals surface area (Å²) < 4.78 is 10.4. The van der Waals surface area contributed by atoms with E-state index in [0.29, 0.717) is 11.3 Å². The number of halogens is 2. The van der Waals surface area contributed by atoms with Crippen molar-refractivity contribution in [3.05, 3.63) is 93.2 Å². The molecule has 1 saturated heterocycles. The summed E-state index contributed by atoms with van der Waals surface area (Å²) >= 11 is 12.5. The van der Waals surface area contributed by atoms with Crippen LogP contribution in [0.25, 0.3) is 5.76 Å². The Morgan fingerprint density at radius 2 is 1.62 bits per heavy atom. The molecule has 1 unspecified atom stereocenters. The fourth-order valence-electron chi connectivity index (χ4n) is 3.91. The molecule has 9 heteroatoms. The number of aliphatic hydroxyl groups is 1. The highest BCUT2D eigenvalue weighted by Gasteiger charge is 2.46. The summed E-state index contributed by atoms with van der Waals surface area (Å²) in [6.07, 6.45) is 3.21. The maximum absolute atomic E-state index is 13.2. The third-order valence-corrected chi connectivity index (χ3v) is 6.11. The molecule has 1 aliphatic rings. The fourth-order valence-corrected chi connectivity index (χ4v) is 4.55. The molecule has 7 nitrogen and oxygen atoms in total. The zero-order chi connectivity index (χ0) is 24.4. The summed E-state index contributed by atoms with van der Waals surface area (Å²) in [4.78, 5) is 31.7. The number of ether oxygens (including phenoxy) is 2. The maximum Gasteiger partial charge on any atom is 0.295 e. The first-order chi connectivity index (χ1) is 16.3. The Morgan fingerprint density at radius 1 is 1.00 bits per heavy atom. The molecular weight excluding hydrogens is 479 g/mol. The Hall–Kier alpha value is -3.55. The number of nitrogens with zero attached hydrogens (tertiary/aromatic N) is 2. The van der Waals surface area contributed by atoms with E-state index in [1.165, 1.54) is 24.1 Å². The van der Waals surface area contributed by atoms with Gasteiger partial charge in [-0.1, -0.05) is 35.3 Å². The number of rotatable bonds is 6. The molecule has 1 aliphatic heterocycles. The van der Waals surface area contributed by atoms with E-state index in [1.54, 1.807) is 55.9 Å². The summed E-state index contributed by atoms with van der Waals surface area (Å²) in [6, 6.07) is 12.5. The van der Waals surface area contributed by atoms with Gasteiger partial charge < -0.3 is 19.5 Å². The summed E-state index contributed by atoms with van der Waals surface area (Å²) in [5.74, 6) is -1.07. The molecule has 174 valence electrons. The quantitative estimate of drug-likeness (QED) is 0.291. The van der Waals surface area contributed by atoms with Crippen LogP contribution < -0.4 is 9.47 Å². The highest BCUT2D eigenvalue weighted by atomic mass is 35.5. The average molecular weight is 499 g/mol. The maximum atomic E-state index is 13.2. The lowest BCUT2D eigenvalue weighted by Gasteiger charge is -2.25. The van der Waals surface area contributed by atoms with Crippen molar-refractivity contribution < 1.29 is 24.2 Å². The minimum absolute atomic E-state index is 0.0680. The lowest BCUT2D eigenvalue weighted by Crippen LogP contribution is -2.29. The van der Waals surface area contributed by atoms with Gasteiger partial charge in [-0.15, -0.1) is 0 Å². The van der Waals surface area contributed by atoms with Crippen LogP contribution in [0, 0.1) is 0 Å². The second-order valence-corrected chi connectivity index (χ2v) is 8.34. The van der Waals surface area contributed by atoms with Gasteiger partial charge in [-0.3, -0.25) is 14.6 Å². The van der Waals surface area contributed by atoms with Gasteiger partial charge in [0.15, 0.2) is 5.75 Å². The van der Waals surface area contributed by atoms with E-state index in [0.717, 1.165) is 5.56 Å². The molecule has 2 heterocycles. The highest BCUT2D eigenvalue weighted by molar-refractivity contribution is 6.46. The van der Waals surface area contributed by atoms with Gasteiger partial charge in [0, 0.05) is 24.5 Å². The second kappa shape index (κ2) is 9.75. The Kier molecular flexibility index (Phi) is 6.77. The van der Waals surface area contributed by atoms with Crippen molar-refractivity contribution in [3.63, 3.8) is 0 Å². The van der Waals surface area contributed by atoms with E-state index in [1.807, 2.05) is 0 Å². The van der Waals surface area contributed by atoms with E-state index in [9.17, 15) is 14.7 Å². The number of pyridine rings is 1. The van der Waals surface area contributed by atoms with Gasteiger partial charge in [0.2, 0.25) is 0 Å². The zero-order valence-corrected chi connectivity index (χ0v) is 19.8.